The van der Waals surface area contributed by atoms with E-state index in [1.54, 1.807) is 4.80 Å². The fourth-order valence-electron chi connectivity index (χ4n) is 6.14. The van der Waals surface area contributed by atoms with Gasteiger partial charge < -0.3 is 10.6 Å². The molecule has 2 N–H and O–H groups in total. The molecule has 3 unspecified atom stereocenters. The molecule has 1 aromatic heterocycles. The largest absolute Gasteiger partial charge is 0.349 e. The van der Waals surface area contributed by atoms with Crippen molar-refractivity contribution in [3.8, 4) is 0 Å². The predicted molar refractivity (Wildman–Crippen MR) is 82.5 cm³/mol. The molecule has 0 spiro atoms. The predicted octanol–water partition coefficient (Wildman–Crippen LogP) is 0.116. The summed E-state index contributed by atoms with van der Waals surface area (Å²) in [6, 6.07) is -0.369. The Labute approximate surface area is 139 Å². The Hall–Kier alpha value is -1.99. The van der Waals surface area contributed by atoms with Gasteiger partial charge in [-0.05, 0) is 62.0 Å². The first-order chi connectivity index (χ1) is 11.6. The molecule has 5 aliphatic rings. The first kappa shape index (κ1) is 14.4. The summed E-state index contributed by atoms with van der Waals surface area (Å²) in [4.78, 5) is 25.9. The maximum Gasteiger partial charge on any atom is 0.243 e. The van der Waals surface area contributed by atoms with Crippen LogP contribution >= 0.6 is 0 Å². The summed E-state index contributed by atoms with van der Waals surface area (Å²) in [5.41, 5.74) is -0.283. The number of hydrogen-bond donors (Lipinski definition) is 2. The average molecular weight is 330 g/mol. The summed E-state index contributed by atoms with van der Waals surface area (Å²) in [5, 5.41) is 18.5. The van der Waals surface area contributed by atoms with Crippen LogP contribution in [0.5, 0.6) is 0 Å². The molecule has 2 heterocycles. The zero-order valence-corrected chi connectivity index (χ0v) is 13.6. The van der Waals surface area contributed by atoms with E-state index >= 15 is 0 Å². The van der Waals surface area contributed by atoms with Gasteiger partial charge in [-0.15, -0.1) is 10.2 Å². The smallest absolute Gasteiger partial charge is 0.243 e. The molecule has 8 heteroatoms. The first-order valence-electron chi connectivity index (χ1n) is 8.91. The van der Waals surface area contributed by atoms with Crippen LogP contribution in [0.15, 0.2) is 6.33 Å². The van der Waals surface area contributed by atoms with Gasteiger partial charge in [0.1, 0.15) is 6.04 Å². The van der Waals surface area contributed by atoms with E-state index in [1.807, 2.05) is 0 Å². The van der Waals surface area contributed by atoms with E-state index in [2.05, 4.69) is 26.0 Å². The van der Waals surface area contributed by atoms with Crippen LogP contribution in [0.4, 0.5) is 0 Å². The molecule has 8 nitrogen and oxygen atoms in total. The lowest BCUT2D eigenvalue weighted by Gasteiger charge is -2.61. The highest BCUT2D eigenvalue weighted by molar-refractivity contribution is 5.91. The Balaban J connectivity index is 1.41. The number of nitrogens with one attached hydrogen (secondary N) is 2. The molecule has 0 aromatic carbocycles. The summed E-state index contributed by atoms with van der Waals surface area (Å²) in [6.07, 6.45) is 8.89. The highest BCUT2D eigenvalue weighted by Gasteiger charge is 2.60. The van der Waals surface area contributed by atoms with Gasteiger partial charge in [0.2, 0.25) is 11.8 Å². The second kappa shape index (κ2) is 4.77. The van der Waals surface area contributed by atoms with E-state index in [0.717, 1.165) is 32.1 Å². The zero-order valence-electron chi connectivity index (χ0n) is 13.6. The molecule has 2 amide bonds. The molecule has 4 bridgehead atoms. The van der Waals surface area contributed by atoms with Crippen LogP contribution in [0.25, 0.3) is 0 Å². The first-order valence-corrected chi connectivity index (χ1v) is 8.91. The van der Waals surface area contributed by atoms with Crippen LogP contribution in [0.2, 0.25) is 0 Å². The zero-order chi connectivity index (χ0) is 16.4. The Bertz CT molecular complexity index is 673. The standard InChI is InChI=1S/C16H22N6O2/c23-13-2-1-12(19-13)14(24)20-15-4-10-3-11(5-15)7-16(6-10,8-15)22-18-9-17-21-22/h9-12H,1-8H2,(H,19,23)(H,20,24). The number of nitrogens with zero attached hydrogens (tertiary/aromatic N) is 4. The van der Waals surface area contributed by atoms with Gasteiger partial charge in [-0.1, -0.05) is 0 Å². The second-order valence-electron chi connectivity index (χ2n) is 8.34. The van der Waals surface area contributed by atoms with Crippen molar-refractivity contribution in [2.24, 2.45) is 11.8 Å². The lowest BCUT2D eigenvalue weighted by atomic mass is 9.50. The number of tetrazole rings is 1. The summed E-state index contributed by atoms with van der Waals surface area (Å²) < 4.78 is 0. The minimum absolute atomic E-state index is 0.0236. The maximum absolute atomic E-state index is 12.7. The molecule has 4 saturated carbocycles. The van der Waals surface area contributed by atoms with Gasteiger partial charge >= 0.3 is 0 Å². The third-order valence-electron chi connectivity index (χ3n) is 6.50. The van der Waals surface area contributed by atoms with Crippen LogP contribution in [-0.4, -0.2) is 43.6 Å². The maximum atomic E-state index is 12.7. The van der Waals surface area contributed by atoms with E-state index in [4.69, 9.17) is 0 Å². The Morgan fingerprint density at radius 1 is 1.29 bits per heavy atom. The molecule has 5 fully saturated rings. The van der Waals surface area contributed by atoms with E-state index in [-0.39, 0.29) is 28.9 Å². The fourth-order valence-corrected chi connectivity index (χ4v) is 6.14. The average Bonchev–Trinajstić information content (AvgIpc) is 3.16. The lowest BCUT2D eigenvalue weighted by Crippen LogP contribution is -2.67. The van der Waals surface area contributed by atoms with Crippen molar-refractivity contribution in [2.75, 3.05) is 0 Å². The van der Waals surface area contributed by atoms with Crippen molar-refractivity contribution < 1.29 is 9.59 Å². The summed E-state index contributed by atoms with van der Waals surface area (Å²) in [5.74, 6) is 1.17. The van der Waals surface area contributed by atoms with E-state index in [0.29, 0.717) is 24.7 Å². The van der Waals surface area contributed by atoms with Crippen molar-refractivity contribution in [3.05, 3.63) is 6.33 Å². The third-order valence-corrected chi connectivity index (χ3v) is 6.50. The number of rotatable bonds is 3. The molecule has 24 heavy (non-hydrogen) atoms. The van der Waals surface area contributed by atoms with Gasteiger partial charge in [0.25, 0.3) is 0 Å². The monoisotopic (exact) mass is 330 g/mol. The van der Waals surface area contributed by atoms with Gasteiger partial charge in [-0.25, -0.2) is 0 Å². The van der Waals surface area contributed by atoms with E-state index in [1.165, 1.54) is 12.7 Å². The van der Waals surface area contributed by atoms with Gasteiger partial charge in [0.15, 0.2) is 6.33 Å². The van der Waals surface area contributed by atoms with Crippen molar-refractivity contribution >= 4 is 11.8 Å². The van der Waals surface area contributed by atoms with Crippen LogP contribution in [0.3, 0.4) is 0 Å². The van der Waals surface area contributed by atoms with Gasteiger partial charge in [-0.3, -0.25) is 9.59 Å². The summed E-state index contributed by atoms with van der Waals surface area (Å²) >= 11 is 0. The van der Waals surface area contributed by atoms with E-state index < -0.39 is 0 Å². The van der Waals surface area contributed by atoms with Crippen molar-refractivity contribution in [1.29, 1.82) is 0 Å². The Kier molecular flexibility index (Phi) is 2.85. The fraction of sp³-hybridized carbons (Fsp3) is 0.812. The molecule has 3 atom stereocenters. The molecule has 4 aliphatic carbocycles. The minimum atomic E-state index is -0.369. The van der Waals surface area contributed by atoms with Crippen LogP contribution in [0, 0.1) is 11.8 Å². The Morgan fingerprint density at radius 3 is 2.71 bits per heavy atom. The van der Waals surface area contributed by atoms with E-state index in [9.17, 15) is 9.59 Å². The number of carbonyl (C=O) groups is 2. The highest BCUT2D eigenvalue weighted by Crippen LogP contribution is 2.60. The van der Waals surface area contributed by atoms with Crippen LogP contribution in [0.1, 0.15) is 51.4 Å². The van der Waals surface area contributed by atoms with Gasteiger partial charge in [-0.2, -0.15) is 4.80 Å². The van der Waals surface area contributed by atoms with Crippen molar-refractivity contribution in [1.82, 2.24) is 30.8 Å². The number of hydrogen-bond acceptors (Lipinski definition) is 5. The van der Waals surface area contributed by atoms with Gasteiger partial charge in [0.05, 0.1) is 5.54 Å². The summed E-state index contributed by atoms with van der Waals surface area (Å²) in [6.45, 7) is 0. The number of carbonyl (C=O) groups excluding carboxylic acids is 2. The topological polar surface area (TPSA) is 102 Å². The normalized spacial score (nSPS) is 43.0. The third kappa shape index (κ3) is 2.08. The summed E-state index contributed by atoms with van der Waals surface area (Å²) in [7, 11) is 0. The lowest BCUT2D eigenvalue weighted by molar-refractivity contribution is -0.134. The number of aromatic nitrogens is 4. The molecule has 128 valence electrons. The van der Waals surface area contributed by atoms with Crippen molar-refractivity contribution in [2.45, 2.75) is 68.5 Å². The molecular formula is C16H22N6O2. The molecule has 1 aromatic rings. The SMILES string of the molecule is O=C1CCC(C(=O)NC23CC4CC(C2)CC(n2ncnn2)(C4)C3)N1. The number of amides is 2. The van der Waals surface area contributed by atoms with Gasteiger partial charge in [0, 0.05) is 12.0 Å². The van der Waals surface area contributed by atoms with Crippen molar-refractivity contribution in [3.63, 3.8) is 0 Å². The molecular weight excluding hydrogens is 308 g/mol. The van der Waals surface area contributed by atoms with Crippen LogP contribution < -0.4 is 10.6 Å². The van der Waals surface area contributed by atoms with Crippen LogP contribution in [-0.2, 0) is 15.1 Å². The second-order valence-corrected chi connectivity index (χ2v) is 8.34. The molecule has 1 saturated heterocycles. The highest BCUT2D eigenvalue weighted by atomic mass is 16.2. The quantitative estimate of drug-likeness (QED) is 0.819. The Morgan fingerprint density at radius 2 is 2.08 bits per heavy atom. The minimum Gasteiger partial charge on any atom is -0.349 e. The molecule has 6 rings (SSSR count). The molecule has 1 aliphatic heterocycles. The molecule has 0 radical (unpaired) electrons.